The second kappa shape index (κ2) is 10.6. The highest BCUT2D eigenvalue weighted by Gasteiger charge is 2.24. The van der Waals surface area contributed by atoms with Crippen molar-refractivity contribution in [1.82, 2.24) is 15.1 Å². The van der Waals surface area contributed by atoms with Gasteiger partial charge in [0.25, 0.3) is 0 Å². The third-order valence-corrected chi connectivity index (χ3v) is 5.00. The maximum Gasteiger partial charge on any atom is 0.407 e. The van der Waals surface area contributed by atoms with E-state index in [4.69, 9.17) is 4.74 Å². The summed E-state index contributed by atoms with van der Waals surface area (Å²) in [4.78, 5) is 28.4. The summed E-state index contributed by atoms with van der Waals surface area (Å²) >= 11 is 0. The Bertz CT molecular complexity index is 682. The van der Waals surface area contributed by atoms with Crippen molar-refractivity contribution in [2.24, 2.45) is 5.92 Å². The van der Waals surface area contributed by atoms with Gasteiger partial charge in [0.2, 0.25) is 5.91 Å². The summed E-state index contributed by atoms with van der Waals surface area (Å²) in [6.45, 7) is 11.1. The smallest absolute Gasteiger partial charge is 0.407 e. The van der Waals surface area contributed by atoms with E-state index in [2.05, 4.69) is 10.2 Å². The minimum atomic E-state index is -0.496. The lowest BCUT2D eigenvalue weighted by Gasteiger charge is -2.33. The fourth-order valence-corrected chi connectivity index (χ4v) is 3.41. The molecule has 1 fully saturated rings. The second-order valence-corrected chi connectivity index (χ2v) is 8.64. The van der Waals surface area contributed by atoms with Crippen molar-refractivity contribution in [1.29, 1.82) is 0 Å². The van der Waals surface area contributed by atoms with Crippen LogP contribution < -0.4 is 5.32 Å². The van der Waals surface area contributed by atoms with Crippen LogP contribution in [0.4, 0.5) is 9.18 Å². The highest BCUT2D eigenvalue weighted by atomic mass is 19.1. The van der Waals surface area contributed by atoms with Gasteiger partial charge in [-0.15, -0.1) is 0 Å². The molecule has 0 aliphatic carbocycles. The van der Waals surface area contributed by atoms with Crippen LogP contribution in [0.1, 0.15) is 46.1 Å². The Labute approximate surface area is 173 Å². The first-order chi connectivity index (χ1) is 13.7. The van der Waals surface area contributed by atoms with Gasteiger partial charge in [0.05, 0.1) is 6.54 Å². The molecule has 1 aromatic carbocycles. The number of hydrogen-bond donors (Lipinski definition) is 1. The number of carbonyl (C=O) groups excluding carboxylic acids is 2. The number of nitrogens with one attached hydrogen (secondary N) is 1. The number of ether oxygens (including phenoxy) is 1. The number of likely N-dealkylation sites (N-methyl/N-ethyl adjacent to an activating group) is 1. The Morgan fingerprint density at radius 3 is 2.55 bits per heavy atom. The Morgan fingerprint density at radius 2 is 1.97 bits per heavy atom. The summed E-state index contributed by atoms with van der Waals surface area (Å²) < 4.78 is 18.6. The average Bonchev–Trinajstić information content (AvgIpc) is 2.64. The minimum absolute atomic E-state index is 0.0575. The molecule has 0 spiro atoms. The number of benzene rings is 1. The molecule has 2 rings (SSSR count). The molecule has 1 heterocycles. The number of carbonyl (C=O) groups is 2. The van der Waals surface area contributed by atoms with Gasteiger partial charge < -0.3 is 15.0 Å². The van der Waals surface area contributed by atoms with E-state index in [0.29, 0.717) is 32.1 Å². The van der Waals surface area contributed by atoms with E-state index >= 15 is 0 Å². The van der Waals surface area contributed by atoms with Crippen LogP contribution in [-0.4, -0.2) is 60.1 Å². The van der Waals surface area contributed by atoms with Crippen LogP contribution in [0.25, 0.3) is 0 Å². The second-order valence-electron chi connectivity index (χ2n) is 8.64. The summed E-state index contributed by atoms with van der Waals surface area (Å²) in [5.41, 5.74) is 0.303. The summed E-state index contributed by atoms with van der Waals surface area (Å²) in [5, 5.41) is 2.84. The molecule has 6 nitrogen and oxygen atoms in total. The zero-order valence-corrected chi connectivity index (χ0v) is 18.0. The number of piperidine rings is 1. The first-order valence-corrected chi connectivity index (χ1v) is 10.4. The van der Waals surface area contributed by atoms with E-state index in [1.54, 1.807) is 11.0 Å². The molecule has 2 amide bonds. The SMILES string of the molecule is CCN(Cc1cccc(F)c1)C(=O)CN1CCC(CNC(=O)OC(C)(C)C)CC1. The molecular formula is C22H34FN3O3. The fourth-order valence-electron chi connectivity index (χ4n) is 3.41. The summed E-state index contributed by atoms with van der Waals surface area (Å²) in [7, 11) is 0. The monoisotopic (exact) mass is 407 g/mol. The van der Waals surface area contributed by atoms with Crippen molar-refractivity contribution in [3.05, 3.63) is 35.6 Å². The highest BCUT2D eigenvalue weighted by Crippen LogP contribution is 2.17. The van der Waals surface area contributed by atoms with Gasteiger partial charge >= 0.3 is 6.09 Å². The molecule has 1 aromatic rings. The van der Waals surface area contributed by atoms with Crippen LogP contribution in [0.15, 0.2) is 24.3 Å². The number of halogens is 1. The molecule has 1 saturated heterocycles. The van der Waals surface area contributed by atoms with Gasteiger partial charge in [-0.2, -0.15) is 0 Å². The van der Waals surface area contributed by atoms with Crippen molar-refractivity contribution in [3.63, 3.8) is 0 Å². The van der Waals surface area contributed by atoms with Gasteiger partial charge in [-0.25, -0.2) is 9.18 Å². The predicted molar refractivity (Wildman–Crippen MR) is 111 cm³/mol. The van der Waals surface area contributed by atoms with Crippen molar-refractivity contribution in [2.75, 3.05) is 32.7 Å². The maximum atomic E-state index is 13.4. The van der Waals surface area contributed by atoms with Gasteiger partial charge in [0.15, 0.2) is 0 Å². The number of nitrogens with zero attached hydrogens (tertiary/aromatic N) is 2. The van der Waals surface area contributed by atoms with Gasteiger partial charge in [-0.05, 0) is 77.2 Å². The normalized spacial score (nSPS) is 15.8. The molecule has 1 N–H and O–H groups in total. The lowest BCUT2D eigenvalue weighted by molar-refractivity contribution is -0.133. The molecule has 1 aliphatic rings. The third-order valence-electron chi connectivity index (χ3n) is 5.00. The standard InChI is InChI=1S/C22H34FN3O3/c1-5-26(15-18-7-6-8-19(23)13-18)20(27)16-25-11-9-17(10-12-25)14-24-21(28)29-22(2,3)4/h6-8,13,17H,5,9-12,14-16H2,1-4H3,(H,24,28). The number of amides is 2. The van der Waals surface area contributed by atoms with E-state index in [0.717, 1.165) is 31.5 Å². The lowest BCUT2D eigenvalue weighted by Crippen LogP contribution is -2.45. The van der Waals surface area contributed by atoms with Gasteiger partial charge in [-0.1, -0.05) is 12.1 Å². The molecule has 1 aliphatic heterocycles. The summed E-state index contributed by atoms with van der Waals surface area (Å²) in [5.74, 6) is 0.165. The summed E-state index contributed by atoms with van der Waals surface area (Å²) in [6, 6.07) is 6.38. The molecule has 7 heteroatoms. The van der Waals surface area contributed by atoms with Crippen LogP contribution >= 0.6 is 0 Å². The minimum Gasteiger partial charge on any atom is -0.444 e. The molecule has 0 radical (unpaired) electrons. The van der Waals surface area contributed by atoms with Gasteiger partial charge in [0.1, 0.15) is 11.4 Å². The Morgan fingerprint density at radius 1 is 1.28 bits per heavy atom. The zero-order valence-electron chi connectivity index (χ0n) is 18.0. The van der Waals surface area contributed by atoms with E-state index in [-0.39, 0.29) is 17.8 Å². The van der Waals surface area contributed by atoms with E-state index < -0.39 is 5.60 Å². The molecule has 0 unspecified atom stereocenters. The number of likely N-dealkylation sites (tertiary alicyclic amines) is 1. The molecule has 29 heavy (non-hydrogen) atoms. The largest absolute Gasteiger partial charge is 0.444 e. The van der Waals surface area contributed by atoms with E-state index in [1.165, 1.54) is 12.1 Å². The Kier molecular flexibility index (Phi) is 8.44. The molecule has 0 saturated carbocycles. The van der Waals surface area contributed by atoms with E-state index in [1.807, 2.05) is 33.8 Å². The van der Waals surface area contributed by atoms with Crippen molar-refractivity contribution in [3.8, 4) is 0 Å². The first kappa shape index (κ1) is 23.1. The van der Waals surface area contributed by atoms with Crippen molar-refractivity contribution in [2.45, 2.75) is 52.7 Å². The number of hydrogen-bond acceptors (Lipinski definition) is 4. The van der Waals surface area contributed by atoms with E-state index in [9.17, 15) is 14.0 Å². The van der Waals surface area contributed by atoms with Crippen LogP contribution in [0.5, 0.6) is 0 Å². The lowest BCUT2D eigenvalue weighted by atomic mass is 9.97. The number of alkyl carbamates (subject to hydrolysis) is 1. The van der Waals surface area contributed by atoms with Crippen molar-refractivity contribution < 1.29 is 18.7 Å². The van der Waals surface area contributed by atoms with Gasteiger partial charge in [-0.3, -0.25) is 9.69 Å². The molecule has 0 bridgehead atoms. The van der Waals surface area contributed by atoms with Crippen LogP contribution in [0.2, 0.25) is 0 Å². The number of rotatable bonds is 7. The van der Waals surface area contributed by atoms with Crippen molar-refractivity contribution >= 4 is 12.0 Å². The Balaban J connectivity index is 1.73. The Hall–Kier alpha value is -2.15. The quantitative estimate of drug-likeness (QED) is 0.752. The zero-order chi connectivity index (χ0) is 21.4. The molecule has 0 atom stereocenters. The average molecular weight is 408 g/mol. The predicted octanol–water partition coefficient (Wildman–Crippen LogP) is 3.41. The fraction of sp³-hybridized carbons (Fsp3) is 0.636. The molecule has 0 aromatic heterocycles. The highest BCUT2D eigenvalue weighted by molar-refractivity contribution is 5.78. The van der Waals surface area contributed by atoms with Crippen LogP contribution in [-0.2, 0) is 16.1 Å². The van der Waals surface area contributed by atoms with Crippen LogP contribution in [0.3, 0.4) is 0 Å². The van der Waals surface area contributed by atoms with Gasteiger partial charge in [0, 0.05) is 19.6 Å². The topological polar surface area (TPSA) is 61.9 Å². The van der Waals surface area contributed by atoms with Crippen LogP contribution in [0, 0.1) is 11.7 Å². The first-order valence-electron chi connectivity index (χ1n) is 10.4. The summed E-state index contributed by atoms with van der Waals surface area (Å²) in [6.07, 6.45) is 1.48. The maximum absolute atomic E-state index is 13.4. The molecular weight excluding hydrogens is 373 g/mol. The molecule has 162 valence electrons. The third kappa shape index (κ3) is 8.40.